The van der Waals surface area contributed by atoms with E-state index in [1.54, 1.807) is 38.9 Å². The van der Waals surface area contributed by atoms with Crippen LogP contribution in [0.2, 0.25) is 0 Å². The van der Waals surface area contributed by atoms with Crippen LogP contribution in [0.4, 0.5) is 11.4 Å². The second-order valence-corrected chi connectivity index (χ2v) is 16.6. The molecule has 10 nitrogen and oxygen atoms in total. The van der Waals surface area contributed by atoms with Crippen molar-refractivity contribution in [1.29, 1.82) is 0 Å². The number of fused-ring (bicyclic) bond motifs is 2. The number of rotatable bonds is 11. The van der Waals surface area contributed by atoms with E-state index in [4.69, 9.17) is 8.83 Å². The van der Waals surface area contributed by atoms with Crippen LogP contribution in [0.3, 0.4) is 0 Å². The Kier molecular flexibility index (Phi) is 11.0. The molecule has 0 bridgehead atoms. The number of aliphatic hydroxyl groups excluding tert-OH is 2. The lowest BCUT2D eigenvalue weighted by Crippen LogP contribution is -2.20. The molecule has 6 N–H and O–H groups in total. The second-order valence-electron chi connectivity index (χ2n) is 16.6. The minimum Gasteiger partial charge on any atom is -0.507 e. The SMILES string of the molecule is Cc1cc2c(c(O)c1-c1c(C)cc3c(c1O)/C(=C/Nc1ccc(Cc4ccoc4)cc1)C(=O)C(O)=C3C(C)C)/C(=C/Nc1ccc(Cc3ccoc3)cc1)C(=O)C(O)=C2C(C)C. The zero-order chi connectivity index (χ0) is 44.0. The normalized spacial score (nSPS) is 15.3. The third-order valence-corrected chi connectivity index (χ3v) is 11.6. The fraction of sp³-hybridized carbons (Fsp3) is 0.192. The maximum absolute atomic E-state index is 14.1. The number of aromatic hydroxyl groups is 2. The van der Waals surface area contributed by atoms with Crippen molar-refractivity contribution >= 4 is 45.2 Å². The molecule has 0 unspecified atom stereocenters. The van der Waals surface area contributed by atoms with Crippen molar-refractivity contribution in [1.82, 2.24) is 0 Å². The first-order valence-electron chi connectivity index (χ1n) is 20.6. The molecule has 0 saturated carbocycles. The molecule has 2 heterocycles. The number of ketones is 2. The second kappa shape index (κ2) is 16.5. The van der Waals surface area contributed by atoms with Crippen LogP contribution in [-0.4, -0.2) is 32.0 Å². The van der Waals surface area contributed by atoms with E-state index in [1.807, 2.05) is 100 Å². The van der Waals surface area contributed by atoms with E-state index in [0.29, 0.717) is 57.6 Å². The average molecular weight is 829 g/mol. The molecule has 2 aliphatic carbocycles. The fourth-order valence-corrected chi connectivity index (χ4v) is 8.63. The number of anilines is 2. The molecule has 62 heavy (non-hydrogen) atoms. The first kappa shape index (κ1) is 41.3. The van der Waals surface area contributed by atoms with Gasteiger partial charge in [-0.3, -0.25) is 9.59 Å². The molecule has 0 spiro atoms. The zero-order valence-corrected chi connectivity index (χ0v) is 35.4. The minimum atomic E-state index is -0.666. The van der Waals surface area contributed by atoms with Crippen LogP contribution in [0.15, 0.2) is 131 Å². The van der Waals surface area contributed by atoms with Crippen LogP contribution < -0.4 is 10.6 Å². The molecule has 8 rings (SSSR count). The standard InChI is InChI=1S/C52H48N2O8/c1-27(2)41-37-19-29(5)43(49(57)45(37)39(47(55)51(41)59)23-53-35-11-7-31(8-12-35)21-33-15-17-61-25-33)44-30(6)20-38-42(28(3)4)52(60)48(56)40(46(38)50(44)58)24-54-36-13-9-32(10-14-36)22-34-16-18-62-26-34/h7-20,23-28,53-54,57-60H,21-22H2,1-6H3/b39-23-,40-24-. The Bertz CT molecular complexity index is 2660. The summed E-state index contributed by atoms with van der Waals surface area (Å²) < 4.78 is 10.4. The Morgan fingerprint density at radius 3 is 1.23 bits per heavy atom. The molecule has 0 aliphatic heterocycles. The van der Waals surface area contributed by atoms with Gasteiger partial charge < -0.3 is 39.9 Å². The number of benzene rings is 4. The van der Waals surface area contributed by atoms with Crippen molar-refractivity contribution < 1.29 is 38.8 Å². The molecule has 314 valence electrons. The molecule has 0 saturated heterocycles. The number of Topliss-reactive ketones (excluding diaryl/α,β-unsaturated/α-hetero) is 2. The van der Waals surface area contributed by atoms with Gasteiger partial charge in [-0.25, -0.2) is 0 Å². The molecule has 2 aromatic heterocycles. The maximum Gasteiger partial charge on any atom is 0.229 e. The van der Waals surface area contributed by atoms with Crippen molar-refractivity contribution in [3.8, 4) is 22.6 Å². The lowest BCUT2D eigenvalue weighted by atomic mass is 9.75. The van der Waals surface area contributed by atoms with Crippen LogP contribution in [-0.2, 0) is 22.4 Å². The number of phenols is 2. The van der Waals surface area contributed by atoms with Gasteiger partial charge in [0.1, 0.15) is 11.5 Å². The Morgan fingerprint density at radius 1 is 0.532 bits per heavy atom. The Labute approximate surface area is 359 Å². The van der Waals surface area contributed by atoms with E-state index in [0.717, 1.165) is 22.3 Å². The third-order valence-electron chi connectivity index (χ3n) is 11.6. The van der Waals surface area contributed by atoms with E-state index in [9.17, 15) is 30.0 Å². The van der Waals surface area contributed by atoms with Crippen LogP contribution in [0.5, 0.6) is 11.5 Å². The molecule has 0 radical (unpaired) electrons. The van der Waals surface area contributed by atoms with Gasteiger partial charge in [0.25, 0.3) is 0 Å². The first-order chi connectivity index (χ1) is 29.7. The van der Waals surface area contributed by atoms with Gasteiger partial charge in [-0.15, -0.1) is 0 Å². The molecule has 4 aromatic carbocycles. The molecular formula is C52H48N2O8. The summed E-state index contributed by atoms with van der Waals surface area (Å²) in [6.07, 6.45) is 11.0. The zero-order valence-electron chi connectivity index (χ0n) is 35.4. The molecule has 10 heteroatoms. The van der Waals surface area contributed by atoms with E-state index < -0.39 is 23.1 Å². The largest absolute Gasteiger partial charge is 0.507 e. The highest BCUT2D eigenvalue weighted by molar-refractivity contribution is 6.35. The summed E-state index contributed by atoms with van der Waals surface area (Å²) in [5.74, 6) is -3.26. The average Bonchev–Trinajstić information content (AvgIpc) is 3.96. The fourth-order valence-electron chi connectivity index (χ4n) is 8.63. The van der Waals surface area contributed by atoms with Gasteiger partial charge in [0.2, 0.25) is 11.6 Å². The highest BCUT2D eigenvalue weighted by Crippen LogP contribution is 2.53. The van der Waals surface area contributed by atoms with Crippen LogP contribution in [0.1, 0.15) is 83.3 Å². The Balaban J connectivity index is 1.24. The van der Waals surface area contributed by atoms with Crippen LogP contribution in [0, 0.1) is 25.7 Å². The number of furan rings is 2. The summed E-state index contributed by atoms with van der Waals surface area (Å²) in [6, 6.07) is 22.8. The lowest BCUT2D eigenvalue weighted by molar-refractivity contribution is -0.113. The van der Waals surface area contributed by atoms with E-state index >= 15 is 0 Å². The van der Waals surface area contributed by atoms with Gasteiger partial charge in [0.05, 0.1) is 36.2 Å². The van der Waals surface area contributed by atoms with Crippen molar-refractivity contribution in [2.75, 3.05) is 10.6 Å². The van der Waals surface area contributed by atoms with Crippen LogP contribution >= 0.6 is 0 Å². The summed E-state index contributed by atoms with van der Waals surface area (Å²) in [7, 11) is 0. The van der Waals surface area contributed by atoms with Gasteiger partial charge >= 0.3 is 0 Å². The smallest absolute Gasteiger partial charge is 0.229 e. The number of hydrogen-bond acceptors (Lipinski definition) is 10. The van der Waals surface area contributed by atoms with E-state index in [1.165, 1.54) is 12.4 Å². The maximum atomic E-state index is 14.1. The third kappa shape index (κ3) is 7.49. The number of aliphatic hydroxyl groups is 2. The van der Waals surface area contributed by atoms with Crippen molar-refractivity contribution in [2.45, 2.75) is 54.4 Å². The number of hydrogen-bond donors (Lipinski definition) is 6. The van der Waals surface area contributed by atoms with Gasteiger partial charge in [-0.2, -0.15) is 0 Å². The van der Waals surface area contributed by atoms with Crippen molar-refractivity contribution in [3.63, 3.8) is 0 Å². The summed E-state index contributed by atoms with van der Waals surface area (Å²) in [5.41, 5.74) is 9.38. The molecular weight excluding hydrogens is 781 g/mol. The predicted octanol–water partition coefficient (Wildman–Crippen LogP) is 11.7. The molecule has 0 fully saturated rings. The van der Waals surface area contributed by atoms with Gasteiger partial charge in [0, 0.05) is 70.0 Å². The molecule has 6 aromatic rings. The number of allylic oxidation sites excluding steroid dienone is 4. The quantitative estimate of drug-likeness (QED) is 0.0692. The van der Waals surface area contributed by atoms with Crippen molar-refractivity contribution in [2.24, 2.45) is 11.8 Å². The number of nitrogens with one attached hydrogen (secondary N) is 2. The van der Waals surface area contributed by atoms with E-state index in [2.05, 4.69) is 10.6 Å². The van der Waals surface area contributed by atoms with Gasteiger partial charge in [-0.1, -0.05) is 64.1 Å². The Hall–Kier alpha value is -7.46. The lowest BCUT2D eigenvalue weighted by Gasteiger charge is -2.29. The first-order valence-corrected chi connectivity index (χ1v) is 20.6. The molecule has 0 atom stereocenters. The number of phenolic OH excluding ortho intramolecular Hbond substituents is 2. The van der Waals surface area contributed by atoms with Crippen LogP contribution in [0.25, 0.3) is 33.4 Å². The highest BCUT2D eigenvalue weighted by atomic mass is 16.3. The Morgan fingerprint density at radius 2 is 0.903 bits per heavy atom. The topological polar surface area (TPSA) is 165 Å². The summed E-state index contributed by atoms with van der Waals surface area (Å²) >= 11 is 0. The minimum absolute atomic E-state index is 0.0314. The van der Waals surface area contributed by atoms with Gasteiger partial charge in [-0.05, 0) is 107 Å². The summed E-state index contributed by atoms with van der Waals surface area (Å²) in [5, 5.41) is 54.2. The summed E-state index contributed by atoms with van der Waals surface area (Å²) in [4.78, 5) is 28.2. The molecule has 0 amide bonds. The number of carbonyl (C=O) groups excluding carboxylic acids is 2. The predicted molar refractivity (Wildman–Crippen MR) is 243 cm³/mol. The van der Waals surface area contributed by atoms with Gasteiger partial charge in [0.15, 0.2) is 11.5 Å². The monoisotopic (exact) mass is 828 g/mol. The summed E-state index contributed by atoms with van der Waals surface area (Å²) in [6.45, 7) is 11.0. The number of carbonyl (C=O) groups is 2. The highest BCUT2D eigenvalue weighted by Gasteiger charge is 2.38. The van der Waals surface area contributed by atoms with Crippen molar-refractivity contribution in [3.05, 3.63) is 177 Å². The van der Waals surface area contributed by atoms with E-state index in [-0.39, 0.29) is 56.7 Å². The molecule has 2 aliphatic rings. The number of aryl methyl sites for hydroxylation is 2.